The molecule has 0 spiro atoms. The van der Waals surface area contributed by atoms with Crippen LogP contribution in [0.1, 0.15) is 99.6 Å². The first-order chi connectivity index (χ1) is 22.2. The van der Waals surface area contributed by atoms with E-state index in [4.69, 9.17) is 38.3 Å². The summed E-state index contributed by atoms with van der Waals surface area (Å²) >= 11 is 0. The predicted octanol–water partition coefficient (Wildman–Crippen LogP) is 5.27. The number of hydrogen-bond donors (Lipinski definition) is 1. The maximum absolute atomic E-state index is 15.9. The topological polar surface area (TPSA) is 194 Å². The smallest absolute Gasteiger partial charge is 0.453 e. The Hall–Kier alpha value is -2.98. The normalized spacial score (nSPS) is 19.6. The maximum Gasteiger partial charge on any atom is 0.480 e. The van der Waals surface area contributed by atoms with Crippen molar-refractivity contribution in [3.63, 3.8) is 0 Å². The molecule has 1 saturated heterocycles. The molecule has 2 rings (SSSR count). The van der Waals surface area contributed by atoms with Crippen LogP contribution in [0.2, 0.25) is 0 Å². The van der Waals surface area contributed by atoms with E-state index in [-0.39, 0.29) is 12.2 Å². The number of phosphoric ester groups is 1. The highest BCUT2D eigenvalue weighted by Crippen LogP contribution is 2.51. The summed E-state index contributed by atoms with van der Waals surface area (Å²) in [7, 11) is -4.85. The number of anilines is 1. The van der Waals surface area contributed by atoms with Crippen LogP contribution in [0.15, 0.2) is 17.1 Å². The first-order valence-electron chi connectivity index (χ1n) is 15.7. The number of nitrogens with zero attached hydrogens (tertiary/aromatic N) is 2. The van der Waals surface area contributed by atoms with Gasteiger partial charge in [0.05, 0.1) is 17.4 Å². The maximum atomic E-state index is 15.9. The van der Waals surface area contributed by atoms with Crippen molar-refractivity contribution in [2.24, 2.45) is 10.8 Å². The van der Waals surface area contributed by atoms with Gasteiger partial charge in [-0.25, -0.2) is 18.4 Å². The first-order valence-corrected chi connectivity index (χ1v) is 17.1. The zero-order valence-corrected chi connectivity index (χ0v) is 29.4. The van der Waals surface area contributed by atoms with E-state index in [1.54, 1.807) is 41.5 Å². The van der Waals surface area contributed by atoms with E-state index < -0.39 is 86.8 Å². The Bertz CT molecular complexity index is 1310. The van der Waals surface area contributed by atoms with Gasteiger partial charge in [-0.2, -0.15) is 13.8 Å². The Kier molecular flexibility index (Phi) is 15.1. The van der Waals surface area contributed by atoms with Crippen LogP contribution in [0.5, 0.6) is 0 Å². The highest BCUT2D eigenvalue weighted by atomic mass is 31.2. The molecule has 18 heteroatoms. The summed E-state index contributed by atoms with van der Waals surface area (Å²) in [5.41, 5.74) is 2.40. The molecule has 0 saturated carbocycles. The van der Waals surface area contributed by atoms with E-state index in [9.17, 15) is 23.7 Å². The van der Waals surface area contributed by atoms with Crippen molar-refractivity contribution in [3.8, 4) is 0 Å². The molecule has 0 amide bonds. The lowest BCUT2D eigenvalue weighted by Crippen LogP contribution is -2.44. The molecular formula is C30H48F2N3O12P. The third-order valence-electron chi connectivity index (χ3n) is 6.87. The molecule has 1 fully saturated rings. The van der Waals surface area contributed by atoms with Gasteiger partial charge < -0.3 is 24.7 Å². The number of nitrogen functional groups attached to an aromatic ring is 1. The van der Waals surface area contributed by atoms with Gasteiger partial charge >= 0.3 is 37.3 Å². The van der Waals surface area contributed by atoms with Gasteiger partial charge in [0, 0.05) is 12.6 Å². The molecule has 0 bridgehead atoms. The molecule has 0 aromatic carbocycles. The van der Waals surface area contributed by atoms with Gasteiger partial charge in [-0.1, -0.05) is 39.0 Å². The van der Waals surface area contributed by atoms with Crippen molar-refractivity contribution < 1.29 is 60.2 Å². The van der Waals surface area contributed by atoms with Gasteiger partial charge in [0.1, 0.15) is 11.9 Å². The molecule has 0 aliphatic carbocycles. The number of unbranched alkanes of at least 4 members (excludes halogenated alkanes) is 5. The quantitative estimate of drug-likeness (QED) is 0.0680. The Labute approximate surface area is 278 Å². The standard InChI is InChI=1S/C30H48F2N3O12P/c1-8-9-10-11-12-13-14-22(36)47-23-20(46-24(30(23,31)32)35-16-15-21(33)34-27(35)39)17-43-48(40,44-18-41-25(37)28(2,3)4)45-19-42-26(38)29(5,6)7/h15-16,20,23-24H,8-14,17-19H2,1-7H3,(H2,33,34,39)/t20?,23-,24?/m1/s1. The van der Waals surface area contributed by atoms with Crippen molar-refractivity contribution in [3.05, 3.63) is 22.7 Å². The molecule has 2 unspecified atom stereocenters. The van der Waals surface area contributed by atoms with E-state index >= 15 is 8.78 Å². The Morgan fingerprint density at radius 1 is 0.958 bits per heavy atom. The minimum absolute atomic E-state index is 0.163. The highest BCUT2D eigenvalue weighted by molar-refractivity contribution is 7.48. The number of carbonyl (C=O) groups excluding carboxylic acids is 3. The molecule has 1 aromatic rings. The van der Waals surface area contributed by atoms with Crippen LogP contribution < -0.4 is 11.4 Å². The molecule has 1 aliphatic heterocycles. The Morgan fingerprint density at radius 2 is 1.50 bits per heavy atom. The van der Waals surface area contributed by atoms with Gasteiger partial charge in [0.25, 0.3) is 0 Å². The molecule has 274 valence electrons. The van der Waals surface area contributed by atoms with Crippen LogP contribution in [0, 0.1) is 10.8 Å². The van der Waals surface area contributed by atoms with Crippen molar-refractivity contribution >= 4 is 31.5 Å². The fourth-order valence-electron chi connectivity index (χ4n) is 4.10. The van der Waals surface area contributed by atoms with Crippen LogP contribution in [-0.2, 0) is 51.5 Å². The average molecular weight is 712 g/mol. The van der Waals surface area contributed by atoms with Crippen LogP contribution in [0.25, 0.3) is 0 Å². The van der Waals surface area contributed by atoms with Gasteiger partial charge in [0.2, 0.25) is 19.8 Å². The Balaban J connectivity index is 2.28. The lowest BCUT2D eigenvalue weighted by Gasteiger charge is -2.25. The summed E-state index contributed by atoms with van der Waals surface area (Å²) in [6.07, 6.45) is -0.742. The van der Waals surface area contributed by atoms with Crippen molar-refractivity contribution in [1.29, 1.82) is 0 Å². The second-order valence-electron chi connectivity index (χ2n) is 13.3. The number of hydrogen-bond acceptors (Lipinski definition) is 14. The lowest BCUT2D eigenvalue weighted by molar-refractivity contribution is -0.176. The van der Waals surface area contributed by atoms with Gasteiger partial charge in [0.15, 0.2) is 6.10 Å². The van der Waals surface area contributed by atoms with Crippen LogP contribution in [0.3, 0.4) is 0 Å². The fraction of sp³-hybridized carbons (Fsp3) is 0.767. The minimum Gasteiger partial charge on any atom is -0.453 e. The predicted molar refractivity (Wildman–Crippen MR) is 166 cm³/mol. The third-order valence-corrected chi connectivity index (χ3v) is 8.18. The van der Waals surface area contributed by atoms with E-state index in [1.165, 1.54) is 0 Å². The number of ether oxygens (including phenoxy) is 4. The Morgan fingerprint density at radius 3 is 2.02 bits per heavy atom. The number of carbonyl (C=O) groups is 3. The van der Waals surface area contributed by atoms with Crippen LogP contribution in [-0.4, -0.2) is 65.8 Å². The van der Waals surface area contributed by atoms with Crippen molar-refractivity contribution in [2.45, 2.75) is 118 Å². The van der Waals surface area contributed by atoms with Crippen LogP contribution in [0.4, 0.5) is 14.6 Å². The van der Waals surface area contributed by atoms with Crippen molar-refractivity contribution in [2.75, 3.05) is 25.9 Å². The fourth-order valence-corrected chi connectivity index (χ4v) is 5.02. The van der Waals surface area contributed by atoms with Crippen LogP contribution >= 0.6 is 7.82 Å². The van der Waals surface area contributed by atoms with Gasteiger partial charge in [-0.15, -0.1) is 0 Å². The SMILES string of the molecule is CCCCCCCCC(=O)O[C@@H]1C(COP(=O)(OCOC(=O)C(C)(C)C)OCOC(=O)C(C)(C)C)OC(n2ccc(N)nc2=O)C1(F)F. The van der Waals surface area contributed by atoms with Gasteiger partial charge in [-0.05, 0) is 54.0 Å². The average Bonchev–Trinajstić information content (AvgIpc) is 3.21. The van der Waals surface area contributed by atoms with Crippen molar-refractivity contribution in [1.82, 2.24) is 9.55 Å². The summed E-state index contributed by atoms with van der Waals surface area (Å²) in [5.74, 6) is -6.69. The molecule has 15 nitrogen and oxygen atoms in total. The number of phosphoric acid groups is 1. The molecule has 48 heavy (non-hydrogen) atoms. The molecule has 3 atom stereocenters. The highest BCUT2D eigenvalue weighted by Gasteiger charge is 2.63. The summed E-state index contributed by atoms with van der Waals surface area (Å²) < 4.78 is 81.7. The molecule has 2 heterocycles. The van der Waals surface area contributed by atoms with Gasteiger partial charge in [-0.3, -0.25) is 23.5 Å². The number of halogens is 2. The third kappa shape index (κ3) is 12.5. The monoisotopic (exact) mass is 711 g/mol. The van der Waals surface area contributed by atoms with E-state index in [0.29, 0.717) is 17.4 Å². The molecular weight excluding hydrogens is 663 g/mol. The minimum atomic E-state index is -4.85. The summed E-state index contributed by atoms with van der Waals surface area (Å²) in [5, 5.41) is 0. The number of esters is 3. The molecule has 1 aromatic heterocycles. The summed E-state index contributed by atoms with van der Waals surface area (Å²) in [6, 6.07) is 1.10. The number of nitrogens with two attached hydrogens (primary N) is 1. The summed E-state index contributed by atoms with van der Waals surface area (Å²) in [6.45, 7) is 8.47. The second kappa shape index (κ2) is 17.6. The van der Waals surface area contributed by atoms with E-state index in [2.05, 4.69) is 11.9 Å². The second-order valence-corrected chi connectivity index (χ2v) is 14.9. The molecule has 1 aliphatic rings. The number of alkyl halides is 2. The zero-order valence-electron chi connectivity index (χ0n) is 28.5. The molecule has 0 radical (unpaired) electrons. The molecule has 2 N–H and O–H groups in total. The zero-order chi connectivity index (χ0) is 36.3. The van der Waals surface area contributed by atoms with E-state index in [1.807, 2.05) is 0 Å². The number of rotatable bonds is 18. The van der Waals surface area contributed by atoms with E-state index in [0.717, 1.165) is 37.9 Å². The first kappa shape index (κ1) is 41.2. The number of aromatic nitrogens is 2. The lowest BCUT2D eigenvalue weighted by atomic mass is 9.98. The largest absolute Gasteiger partial charge is 0.480 e. The summed E-state index contributed by atoms with van der Waals surface area (Å²) in [4.78, 5) is 52.9.